The van der Waals surface area contributed by atoms with Gasteiger partial charge in [0.1, 0.15) is 11.3 Å². The molecule has 25 heavy (non-hydrogen) atoms. The van der Waals surface area contributed by atoms with Crippen molar-refractivity contribution in [3.05, 3.63) is 65.7 Å². The van der Waals surface area contributed by atoms with Gasteiger partial charge < -0.3 is 15.8 Å². The van der Waals surface area contributed by atoms with E-state index in [0.717, 1.165) is 24.2 Å². The highest BCUT2D eigenvalue weighted by atomic mass is 35.5. The van der Waals surface area contributed by atoms with E-state index in [-0.39, 0.29) is 18.3 Å². The number of benzene rings is 2. The van der Waals surface area contributed by atoms with Gasteiger partial charge >= 0.3 is 0 Å². The molecule has 0 radical (unpaired) electrons. The number of unbranched alkanes of at least 4 members (excludes halogenated alkanes) is 1. The fourth-order valence-corrected chi connectivity index (χ4v) is 2.35. The van der Waals surface area contributed by atoms with E-state index in [1.807, 2.05) is 61.5 Å². The highest BCUT2D eigenvalue weighted by Crippen LogP contribution is 2.17. The van der Waals surface area contributed by atoms with Gasteiger partial charge in [0.2, 0.25) is 5.91 Å². The Bertz CT molecular complexity index is 643. The molecule has 5 heteroatoms. The van der Waals surface area contributed by atoms with Crippen LogP contribution in [0.15, 0.2) is 54.6 Å². The molecule has 0 heterocycles. The molecule has 3 N–H and O–H groups in total. The zero-order valence-corrected chi connectivity index (χ0v) is 15.6. The Kier molecular flexibility index (Phi) is 8.46. The SMILES string of the molecule is Cc1ccc(OCCCCNC(=O)C(C)(N)c2ccccc2)cc1.Cl. The van der Waals surface area contributed by atoms with Gasteiger partial charge in [0, 0.05) is 6.54 Å². The molecule has 1 unspecified atom stereocenters. The standard InChI is InChI=1S/C20H26N2O2.ClH/c1-16-10-12-18(13-11-16)24-15-7-6-14-22-19(23)20(2,21)17-8-4-3-5-9-17;/h3-5,8-13H,6-7,14-15,21H2,1-2H3,(H,22,23);1H. The second kappa shape index (κ2) is 10.1. The van der Waals surface area contributed by atoms with Crippen LogP contribution in [0.4, 0.5) is 0 Å². The topological polar surface area (TPSA) is 64.3 Å². The number of nitrogens with one attached hydrogen (secondary N) is 1. The number of hydrogen-bond donors (Lipinski definition) is 2. The van der Waals surface area contributed by atoms with Crippen LogP contribution in [0.25, 0.3) is 0 Å². The maximum absolute atomic E-state index is 12.3. The van der Waals surface area contributed by atoms with E-state index in [2.05, 4.69) is 5.32 Å². The van der Waals surface area contributed by atoms with Crippen molar-refractivity contribution in [1.29, 1.82) is 0 Å². The Labute approximate surface area is 156 Å². The first kappa shape index (κ1) is 21.0. The molecule has 0 aliphatic rings. The number of ether oxygens (including phenoxy) is 1. The summed E-state index contributed by atoms with van der Waals surface area (Å²) in [5.74, 6) is 0.719. The second-order valence-electron chi connectivity index (χ2n) is 6.19. The van der Waals surface area contributed by atoms with Crippen LogP contribution in [0.5, 0.6) is 5.75 Å². The molecule has 0 aromatic heterocycles. The predicted molar refractivity (Wildman–Crippen MR) is 104 cm³/mol. The van der Waals surface area contributed by atoms with E-state index in [4.69, 9.17) is 10.5 Å². The molecule has 4 nitrogen and oxygen atoms in total. The lowest BCUT2D eigenvalue weighted by Gasteiger charge is -2.24. The van der Waals surface area contributed by atoms with Crippen molar-refractivity contribution >= 4 is 18.3 Å². The number of amides is 1. The van der Waals surface area contributed by atoms with Gasteiger partial charge in [-0.15, -0.1) is 12.4 Å². The van der Waals surface area contributed by atoms with Crippen molar-refractivity contribution in [2.75, 3.05) is 13.2 Å². The summed E-state index contributed by atoms with van der Waals surface area (Å²) in [7, 11) is 0. The average molecular weight is 363 g/mol. The quantitative estimate of drug-likeness (QED) is 0.705. The second-order valence-corrected chi connectivity index (χ2v) is 6.19. The van der Waals surface area contributed by atoms with Crippen LogP contribution in [-0.2, 0) is 10.3 Å². The van der Waals surface area contributed by atoms with Gasteiger partial charge in [-0.1, -0.05) is 48.0 Å². The molecule has 136 valence electrons. The Balaban J connectivity index is 0.00000312. The van der Waals surface area contributed by atoms with E-state index in [9.17, 15) is 4.79 Å². The zero-order valence-electron chi connectivity index (χ0n) is 14.8. The molecular formula is C20H27ClN2O2. The molecule has 2 aromatic rings. The van der Waals surface area contributed by atoms with E-state index in [0.29, 0.717) is 13.2 Å². The number of halogens is 1. The van der Waals surface area contributed by atoms with E-state index >= 15 is 0 Å². The summed E-state index contributed by atoms with van der Waals surface area (Å²) < 4.78 is 5.67. The number of carbonyl (C=O) groups excluding carboxylic acids is 1. The summed E-state index contributed by atoms with van der Waals surface area (Å²) in [4.78, 5) is 12.3. The van der Waals surface area contributed by atoms with E-state index < -0.39 is 5.54 Å². The molecule has 0 aliphatic carbocycles. The molecule has 0 spiro atoms. The molecule has 1 amide bonds. The van der Waals surface area contributed by atoms with Gasteiger partial charge in [-0.2, -0.15) is 0 Å². The summed E-state index contributed by atoms with van der Waals surface area (Å²) in [6.45, 7) is 5.01. The fourth-order valence-electron chi connectivity index (χ4n) is 2.35. The van der Waals surface area contributed by atoms with Crippen LogP contribution < -0.4 is 15.8 Å². The number of nitrogens with two attached hydrogens (primary N) is 1. The van der Waals surface area contributed by atoms with E-state index in [1.165, 1.54) is 5.56 Å². The molecule has 0 fully saturated rings. The van der Waals surface area contributed by atoms with Crippen molar-refractivity contribution in [2.45, 2.75) is 32.2 Å². The number of carbonyl (C=O) groups is 1. The Morgan fingerprint density at radius 3 is 2.36 bits per heavy atom. The van der Waals surface area contributed by atoms with Crippen LogP contribution in [0.1, 0.15) is 30.9 Å². The molecule has 1 atom stereocenters. The first-order chi connectivity index (χ1) is 11.5. The number of hydrogen-bond acceptors (Lipinski definition) is 3. The molecule has 0 saturated heterocycles. The number of rotatable bonds is 8. The fraction of sp³-hybridized carbons (Fsp3) is 0.350. The van der Waals surface area contributed by atoms with Gasteiger partial charge in [0.25, 0.3) is 0 Å². The third-order valence-electron chi connectivity index (χ3n) is 3.99. The minimum absolute atomic E-state index is 0. The lowest BCUT2D eigenvalue weighted by molar-refractivity contribution is -0.126. The minimum atomic E-state index is -1.01. The van der Waals surface area contributed by atoms with Crippen molar-refractivity contribution in [1.82, 2.24) is 5.32 Å². The molecule has 2 aromatic carbocycles. The van der Waals surface area contributed by atoms with Crippen molar-refractivity contribution < 1.29 is 9.53 Å². The highest BCUT2D eigenvalue weighted by Gasteiger charge is 2.29. The van der Waals surface area contributed by atoms with Crippen LogP contribution in [0.2, 0.25) is 0 Å². The normalized spacial score (nSPS) is 12.6. The lowest BCUT2D eigenvalue weighted by Crippen LogP contribution is -2.49. The van der Waals surface area contributed by atoms with Crippen LogP contribution >= 0.6 is 12.4 Å². The summed E-state index contributed by atoms with van der Waals surface area (Å²) in [6, 6.07) is 17.4. The van der Waals surface area contributed by atoms with Gasteiger partial charge in [-0.25, -0.2) is 0 Å². The third kappa shape index (κ3) is 6.40. The van der Waals surface area contributed by atoms with Gasteiger partial charge in [-0.3, -0.25) is 4.79 Å². The minimum Gasteiger partial charge on any atom is -0.494 e. The molecular weight excluding hydrogens is 336 g/mol. The van der Waals surface area contributed by atoms with Gasteiger partial charge in [0.15, 0.2) is 0 Å². The largest absolute Gasteiger partial charge is 0.494 e. The maximum atomic E-state index is 12.3. The van der Waals surface area contributed by atoms with Gasteiger partial charge in [-0.05, 0) is 44.4 Å². The van der Waals surface area contributed by atoms with Crippen LogP contribution in [0, 0.1) is 6.92 Å². The van der Waals surface area contributed by atoms with Crippen molar-refractivity contribution in [3.8, 4) is 5.75 Å². The van der Waals surface area contributed by atoms with Crippen molar-refractivity contribution in [3.63, 3.8) is 0 Å². The zero-order chi connectivity index (χ0) is 17.4. The maximum Gasteiger partial charge on any atom is 0.244 e. The van der Waals surface area contributed by atoms with Crippen molar-refractivity contribution in [2.24, 2.45) is 5.73 Å². The summed E-state index contributed by atoms with van der Waals surface area (Å²) in [5, 5.41) is 2.91. The Morgan fingerprint density at radius 1 is 1.08 bits per heavy atom. The monoisotopic (exact) mass is 362 g/mol. The first-order valence-electron chi connectivity index (χ1n) is 8.32. The third-order valence-corrected chi connectivity index (χ3v) is 3.99. The molecule has 0 aliphatic heterocycles. The summed E-state index contributed by atoms with van der Waals surface area (Å²) in [5.41, 5.74) is 7.19. The number of aryl methyl sites for hydroxylation is 1. The smallest absolute Gasteiger partial charge is 0.244 e. The summed E-state index contributed by atoms with van der Waals surface area (Å²) in [6.07, 6.45) is 1.73. The molecule has 2 rings (SSSR count). The average Bonchev–Trinajstić information content (AvgIpc) is 2.60. The lowest BCUT2D eigenvalue weighted by atomic mass is 9.92. The Hall–Kier alpha value is -2.04. The summed E-state index contributed by atoms with van der Waals surface area (Å²) >= 11 is 0. The van der Waals surface area contributed by atoms with Crippen LogP contribution in [-0.4, -0.2) is 19.1 Å². The van der Waals surface area contributed by atoms with E-state index in [1.54, 1.807) is 6.92 Å². The first-order valence-corrected chi connectivity index (χ1v) is 8.32. The molecule has 0 saturated carbocycles. The van der Waals surface area contributed by atoms with Crippen LogP contribution in [0.3, 0.4) is 0 Å². The highest BCUT2D eigenvalue weighted by molar-refractivity contribution is 5.86. The Morgan fingerprint density at radius 2 is 1.72 bits per heavy atom. The predicted octanol–water partition coefficient (Wildman–Crippen LogP) is 3.57. The van der Waals surface area contributed by atoms with Gasteiger partial charge in [0.05, 0.1) is 6.61 Å². The molecule has 0 bridgehead atoms.